The van der Waals surface area contributed by atoms with Gasteiger partial charge < -0.3 is 10.0 Å². The number of fused-ring (bicyclic) bond motifs is 1. The van der Waals surface area contributed by atoms with E-state index < -0.39 is 0 Å². The number of hydrogen-bond acceptors (Lipinski definition) is 4. The van der Waals surface area contributed by atoms with Gasteiger partial charge in [-0.25, -0.2) is 14.4 Å². The predicted octanol–water partition coefficient (Wildman–Crippen LogP) is 4.30. The van der Waals surface area contributed by atoms with E-state index >= 15 is 0 Å². The number of benzene rings is 2. The Bertz CT molecular complexity index is 949. The van der Waals surface area contributed by atoms with Gasteiger partial charge in [-0.3, -0.25) is 0 Å². The lowest BCUT2D eigenvalue weighted by Crippen LogP contribution is -2.37. The van der Waals surface area contributed by atoms with Crippen LogP contribution in [-0.2, 0) is 0 Å². The zero-order chi connectivity index (χ0) is 18.1. The van der Waals surface area contributed by atoms with Crippen molar-refractivity contribution < 1.29 is 9.50 Å². The van der Waals surface area contributed by atoms with Crippen LogP contribution in [0, 0.1) is 11.7 Å². The van der Waals surface area contributed by atoms with Crippen molar-refractivity contribution in [2.75, 3.05) is 24.6 Å². The minimum absolute atomic E-state index is 0.148. The molecule has 2 aromatic carbocycles. The molecule has 1 aliphatic heterocycles. The summed E-state index contributed by atoms with van der Waals surface area (Å²) >= 11 is 6.16. The Balaban J connectivity index is 1.92. The van der Waals surface area contributed by atoms with Gasteiger partial charge in [0.1, 0.15) is 23.5 Å². The quantitative estimate of drug-likeness (QED) is 0.745. The van der Waals surface area contributed by atoms with Gasteiger partial charge >= 0.3 is 0 Å². The Morgan fingerprint density at radius 2 is 2.12 bits per heavy atom. The fraction of sp³-hybridized carbons (Fsp3) is 0.300. The third-order valence-electron chi connectivity index (χ3n) is 4.93. The highest BCUT2D eigenvalue weighted by atomic mass is 35.5. The number of aliphatic hydroxyl groups excluding tert-OH is 1. The third kappa shape index (κ3) is 3.13. The SMILES string of the molecule is OCC1CCCN(c2ncnc3c(F)ccc(-c4cccc(Cl)c4)c23)C1. The predicted molar refractivity (Wildman–Crippen MR) is 102 cm³/mol. The number of hydrogen-bond donors (Lipinski definition) is 1. The van der Waals surface area contributed by atoms with E-state index in [0.29, 0.717) is 28.3 Å². The number of aliphatic hydroxyl groups is 1. The molecule has 0 amide bonds. The van der Waals surface area contributed by atoms with E-state index in [9.17, 15) is 9.50 Å². The van der Waals surface area contributed by atoms with Crippen molar-refractivity contribution in [1.29, 1.82) is 0 Å². The highest BCUT2D eigenvalue weighted by molar-refractivity contribution is 6.31. The van der Waals surface area contributed by atoms with Gasteiger partial charge in [-0.1, -0.05) is 29.8 Å². The van der Waals surface area contributed by atoms with E-state index in [1.807, 2.05) is 24.3 Å². The molecule has 4 nitrogen and oxygen atoms in total. The summed E-state index contributed by atoms with van der Waals surface area (Å²) in [5, 5.41) is 10.9. The molecule has 0 aliphatic carbocycles. The van der Waals surface area contributed by atoms with Crippen molar-refractivity contribution in [3.8, 4) is 11.1 Å². The number of rotatable bonds is 3. The van der Waals surface area contributed by atoms with Gasteiger partial charge in [0.15, 0.2) is 0 Å². The largest absolute Gasteiger partial charge is 0.396 e. The summed E-state index contributed by atoms with van der Waals surface area (Å²) in [6, 6.07) is 10.7. The van der Waals surface area contributed by atoms with Gasteiger partial charge in [-0.05, 0) is 48.1 Å². The summed E-state index contributed by atoms with van der Waals surface area (Å²) in [7, 11) is 0. The Morgan fingerprint density at radius 3 is 2.92 bits per heavy atom. The first-order valence-electron chi connectivity index (χ1n) is 8.72. The molecule has 134 valence electrons. The van der Waals surface area contributed by atoms with Crippen LogP contribution in [0.3, 0.4) is 0 Å². The molecule has 0 radical (unpaired) electrons. The Labute approximate surface area is 156 Å². The fourth-order valence-corrected chi connectivity index (χ4v) is 3.86. The van der Waals surface area contributed by atoms with Gasteiger partial charge in [-0.2, -0.15) is 0 Å². The minimum atomic E-state index is -0.370. The van der Waals surface area contributed by atoms with E-state index in [1.54, 1.807) is 6.07 Å². The topological polar surface area (TPSA) is 49.2 Å². The molecule has 0 saturated carbocycles. The number of aromatic nitrogens is 2. The van der Waals surface area contributed by atoms with Crippen molar-refractivity contribution in [2.24, 2.45) is 5.92 Å². The zero-order valence-corrected chi connectivity index (χ0v) is 15.0. The zero-order valence-electron chi connectivity index (χ0n) is 14.2. The summed E-state index contributed by atoms with van der Waals surface area (Å²) in [6.45, 7) is 1.68. The Morgan fingerprint density at radius 1 is 1.23 bits per heavy atom. The van der Waals surface area contributed by atoms with Gasteiger partial charge in [0.2, 0.25) is 0 Å². The first-order valence-corrected chi connectivity index (χ1v) is 9.10. The van der Waals surface area contributed by atoms with E-state index in [1.165, 1.54) is 12.4 Å². The van der Waals surface area contributed by atoms with E-state index in [4.69, 9.17) is 11.6 Å². The molecule has 1 unspecified atom stereocenters. The van der Waals surface area contributed by atoms with Crippen molar-refractivity contribution in [2.45, 2.75) is 12.8 Å². The number of halogens is 2. The molecular formula is C20H19ClFN3O. The van der Waals surface area contributed by atoms with Crippen LogP contribution < -0.4 is 4.90 Å². The van der Waals surface area contributed by atoms with Crippen LogP contribution in [0.1, 0.15) is 12.8 Å². The first kappa shape index (κ1) is 17.2. The molecular weight excluding hydrogens is 353 g/mol. The fourth-order valence-electron chi connectivity index (χ4n) is 3.67. The van der Waals surface area contributed by atoms with Crippen molar-refractivity contribution in [3.63, 3.8) is 0 Å². The van der Waals surface area contributed by atoms with Gasteiger partial charge in [0, 0.05) is 24.7 Å². The Kier molecular flexibility index (Phi) is 4.74. The molecule has 1 aliphatic rings. The minimum Gasteiger partial charge on any atom is -0.396 e. The maximum absolute atomic E-state index is 14.5. The van der Waals surface area contributed by atoms with Crippen LogP contribution in [0.2, 0.25) is 5.02 Å². The third-order valence-corrected chi connectivity index (χ3v) is 5.17. The average Bonchev–Trinajstić information content (AvgIpc) is 2.68. The highest BCUT2D eigenvalue weighted by Gasteiger charge is 2.24. The van der Waals surface area contributed by atoms with Gasteiger partial charge in [-0.15, -0.1) is 0 Å². The normalized spacial score (nSPS) is 17.7. The van der Waals surface area contributed by atoms with E-state index in [0.717, 1.165) is 30.5 Å². The lowest BCUT2D eigenvalue weighted by atomic mass is 9.97. The van der Waals surface area contributed by atoms with Crippen LogP contribution in [-0.4, -0.2) is 34.8 Å². The molecule has 1 N–H and O–H groups in total. The molecule has 6 heteroatoms. The monoisotopic (exact) mass is 371 g/mol. The summed E-state index contributed by atoms with van der Waals surface area (Å²) in [5.74, 6) is 0.546. The first-order chi connectivity index (χ1) is 12.7. The van der Waals surface area contributed by atoms with Crippen molar-refractivity contribution >= 4 is 28.3 Å². The lowest BCUT2D eigenvalue weighted by molar-refractivity contribution is 0.208. The molecule has 1 aromatic heterocycles. The summed E-state index contributed by atoms with van der Waals surface area (Å²) in [5.41, 5.74) is 2.05. The molecule has 0 bridgehead atoms. The van der Waals surface area contributed by atoms with Gasteiger partial charge in [0.05, 0.1) is 5.39 Å². The molecule has 1 saturated heterocycles. The molecule has 4 rings (SSSR count). The van der Waals surface area contributed by atoms with Crippen LogP contribution >= 0.6 is 11.6 Å². The van der Waals surface area contributed by atoms with Crippen LogP contribution in [0.25, 0.3) is 22.0 Å². The summed E-state index contributed by atoms with van der Waals surface area (Å²) in [6.07, 6.45) is 3.37. The smallest absolute Gasteiger partial charge is 0.149 e. The molecule has 1 atom stereocenters. The lowest BCUT2D eigenvalue weighted by Gasteiger charge is -2.33. The van der Waals surface area contributed by atoms with Crippen molar-refractivity contribution in [1.82, 2.24) is 9.97 Å². The van der Waals surface area contributed by atoms with Crippen LogP contribution in [0.5, 0.6) is 0 Å². The van der Waals surface area contributed by atoms with E-state index in [-0.39, 0.29) is 18.3 Å². The van der Waals surface area contributed by atoms with Gasteiger partial charge in [0.25, 0.3) is 0 Å². The van der Waals surface area contributed by atoms with Crippen LogP contribution in [0.4, 0.5) is 10.2 Å². The molecule has 26 heavy (non-hydrogen) atoms. The maximum Gasteiger partial charge on any atom is 0.149 e. The second-order valence-electron chi connectivity index (χ2n) is 6.66. The molecule has 2 heterocycles. The maximum atomic E-state index is 14.5. The number of nitrogens with zero attached hydrogens (tertiary/aromatic N) is 3. The summed E-state index contributed by atoms with van der Waals surface area (Å²) < 4.78 is 14.5. The second kappa shape index (κ2) is 7.17. The van der Waals surface area contributed by atoms with E-state index in [2.05, 4.69) is 14.9 Å². The Hall–Kier alpha value is -2.24. The standard InChI is InChI=1S/C20H19ClFN3O/c21-15-5-1-4-14(9-15)16-6-7-17(22)19-18(16)20(24-12-23-19)25-8-2-3-13(10-25)11-26/h1,4-7,9,12-13,26H,2-3,8,10-11H2. The number of anilines is 1. The molecule has 3 aromatic rings. The highest BCUT2D eigenvalue weighted by Crippen LogP contribution is 2.36. The molecule has 0 spiro atoms. The van der Waals surface area contributed by atoms with Crippen molar-refractivity contribution in [3.05, 3.63) is 53.6 Å². The van der Waals surface area contributed by atoms with Crippen LogP contribution in [0.15, 0.2) is 42.7 Å². The average molecular weight is 372 g/mol. The second-order valence-corrected chi connectivity index (χ2v) is 7.10. The molecule has 1 fully saturated rings. The summed E-state index contributed by atoms with van der Waals surface area (Å²) in [4.78, 5) is 10.8. The number of piperidine rings is 1.